The Balaban J connectivity index is 1.45. The standard InChI is InChI=1S/C20H15FN2O7/c21-13-1-7-16(8-2-13)28-11-17-9-10-18(30-17)20(25)29-12-19(24)22-14-3-5-15(6-4-14)23(26)27/h1-10H,11-12H2,(H,22,24). The SMILES string of the molecule is O=C(COC(=O)c1ccc(COc2ccc(F)cc2)o1)Nc1ccc([N+](=O)[O-])cc1. The predicted octanol–water partition coefficient (Wildman–Crippen LogP) is 3.70. The Morgan fingerprint density at radius 2 is 1.73 bits per heavy atom. The molecule has 0 unspecified atom stereocenters. The van der Waals surface area contributed by atoms with E-state index in [1.54, 1.807) is 0 Å². The van der Waals surface area contributed by atoms with Crippen molar-refractivity contribution in [2.45, 2.75) is 6.61 Å². The zero-order valence-electron chi connectivity index (χ0n) is 15.4. The number of benzene rings is 2. The first kappa shape index (κ1) is 20.5. The van der Waals surface area contributed by atoms with Gasteiger partial charge in [0.25, 0.3) is 11.6 Å². The van der Waals surface area contributed by atoms with Gasteiger partial charge in [-0.1, -0.05) is 0 Å². The number of carbonyl (C=O) groups is 2. The normalized spacial score (nSPS) is 10.3. The lowest BCUT2D eigenvalue weighted by atomic mass is 10.3. The fourth-order valence-corrected chi connectivity index (χ4v) is 2.32. The number of non-ortho nitro benzene ring substituents is 1. The molecule has 0 spiro atoms. The number of esters is 1. The highest BCUT2D eigenvalue weighted by Gasteiger charge is 2.15. The first-order chi connectivity index (χ1) is 14.4. The highest BCUT2D eigenvalue weighted by molar-refractivity contribution is 5.94. The Kier molecular flexibility index (Phi) is 6.38. The summed E-state index contributed by atoms with van der Waals surface area (Å²) in [5, 5.41) is 13.1. The van der Waals surface area contributed by atoms with E-state index in [1.165, 1.54) is 60.7 Å². The van der Waals surface area contributed by atoms with E-state index >= 15 is 0 Å². The van der Waals surface area contributed by atoms with Gasteiger partial charge in [0.15, 0.2) is 6.61 Å². The Labute approximate surface area is 169 Å². The molecule has 2 aromatic carbocycles. The summed E-state index contributed by atoms with van der Waals surface area (Å²) >= 11 is 0. The van der Waals surface area contributed by atoms with Crippen molar-refractivity contribution in [1.82, 2.24) is 0 Å². The third kappa shape index (κ3) is 5.64. The molecule has 0 atom stereocenters. The van der Waals surface area contributed by atoms with Crippen LogP contribution in [0.15, 0.2) is 65.1 Å². The number of ether oxygens (including phenoxy) is 2. The Morgan fingerprint density at radius 1 is 1.03 bits per heavy atom. The van der Waals surface area contributed by atoms with Gasteiger partial charge < -0.3 is 19.2 Å². The van der Waals surface area contributed by atoms with Crippen LogP contribution in [0.4, 0.5) is 15.8 Å². The number of nitrogens with one attached hydrogen (secondary N) is 1. The van der Waals surface area contributed by atoms with Gasteiger partial charge >= 0.3 is 5.97 Å². The third-order valence-corrected chi connectivity index (χ3v) is 3.75. The number of anilines is 1. The maximum atomic E-state index is 12.9. The van der Waals surface area contributed by atoms with Gasteiger partial charge in [0.05, 0.1) is 4.92 Å². The molecule has 0 aliphatic rings. The smallest absolute Gasteiger partial charge is 0.374 e. The zero-order chi connectivity index (χ0) is 21.5. The molecule has 1 heterocycles. The minimum absolute atomic E-state index is 0.0134. The molecule has 0 radical (unpaired) electrons. The first-order valence-corrected chi connectivity index (χ1v) is 8.59. The maximum Gasteiger partial charge on any atom is 0.374 e. The molecule has 0 bridgehead atoms. The number of nitrogens with zero attached hydrogens (tertiary/aromatic N) is 1. The van der Waals surface area contributed by atoms with E-state index in [1.807, 2.05) is 0 Å². The van der Waals surface area contributed by atoms with Crippen molar-refractivity contribution in [1.29, 1.82) is 0 Å². The summed E-state index contributed by atoms with van der Waals surface area (Å²) in [5.74, 6) is -1.20. The second-order valence-electron chi connectivity index (χ2n) is 5.94. The van der Waals surface area contributed by atoms with Crippen LogP contribution in [0.25, 0.3) is 0 Å². The summed E-state index contributed by atoms with van der Waals surface area (Å²) in [6, 6.07) is 13.5. The molecule has 3 aromatic rings. The lowest BCUT2D eigenvalue weighted by Gasteiger charge is -2.06. The summed E-state index contributed by atoms with van der Waals surface area (Å²) in [6.07, 6.45) is 0. The van der Waals surface area contributed by atoms with Gasteiger partial charge in [0, 0.05) is 17.8 Å². The molecular formula is C20H15FN2O7. The minimum Gasteiger partial charge on any atom is -0.486 e. The highest BCUT2D eigenvalue weighted by Crippen LogP contribution is 2.17. The van der Waals surface area contributed by atoms with Crippen LogP contribution in [-0.2, 0) is 16.1 Å². The molecule has 1 aromatic heterocycles. The number of furan rings is 1. The number of rotatable bonds is 8. The minimum atomic E-state index is -0.845. The van der Waals surface area contributed by atoms with E-state index in [0.29, 0.717) is 17.2 Å². The van der Waals surface area contributed by atoms with Gasteiger partial charge in [-0.05, 0) is 48.5 Å². The average Bonchev–Trinajstić information content (AvgIpc) is 3.21. The van der Waals surface area contributed by atoms with Gasteiger partial charge in [-0.15, -0.1) is 0 Å². The number of nitro benzene ring substituents is 1. The van der Waals surface area contributed by atoms with Crippen molar-refractivity contribution in [2.24, 2.45) is 0 Å². The van der Waals surface area contributed by atoms with Crippen molar-refractivity contribution in [2.75, 3.05) is 11.9 Å². The van der Waals surface area contributed by atoms with E-state index in [4.69, 9.17) is 13.9 Å². The van der Waals surface area contributed by atoms with Gasteiger partial charge in [0.1, 0.15) is 23.9 Å². The maximum absolute atomic E-state index is 12.9. The molecule has 9 nitrogen and oxygen atoms in total. The summed E-state index contributed by atoms with van der Waals surface area (Å²) in [4.78, 5) is 33.9. The Hall–Kier alpha value is -4.21. The quantitative estimate of drug-likeness (QED) is 0.339. The number of hydrogen-bond acceptors (Lipinski definition) is 7. The lowest BCUT2D eigenvalue weighted by Crippen LogP contribution is -2.20. The molecule has 3 rings (SSSR count). The summed E-state index contributed by atoms with van der Waals surface area (Å²) < 4.78 is 28.5. The van der Waals surface area contributed by atoms with Crippen LogP contribution in [0.2, 0.25) is 0 Å². The highest BCUT2D eigenvalue weighted by atomic mass is 19.1. The van der Waals surface area contributed by atoms with Crippen molar-refractivity contribution in [3.8, 4) is 5.75 Å². The predicted molar refractivity (Wildman–Crippen MR) is 101 cm³/mol. The fourth-order valence-electron chi connectivity index (χ4n) is 2.32. The molecule has 0 saturated heterocycles. The van der Waals surface area contributed by atoms with Gasteiger partial charge in [-0.25, -0.2) is 9.18 Å². The second kappa shape index (κ2) is 9.32. The largest absolute Gasteiger partial charge is 0.486 e. The van der Waals surface area contributed by atoms with Crippen LogP contribution >= 0.6 is 0 Å². The first-order valence-electron chi connectivity index (χ1n) is 8.59. The van der Waals surface area contributed by atoms with E-state index in [0.717, 1.165) is 0 Å². The molecule has 30 heavy (non-hydrogen) atoms. The van der Waals surface area contributed by atoms with Gasteiger partial charge in [0.2, 0.25) is 5.76 Å². The van der Waals surface area contributed by atoms with Crippen LogP contribution in [0, 0.1) is 15.9 Å². The van der Waals surface area contributed by atoms with Crippen LogP contribution < -0.4 is 10.1 Å². The molecule has 10 heteroatoms. The van der Waals surface area contributed by atoms with E-state index in [-0.39, 0.29) is 23.9 Å². The topological polar surface area (TPSA) is 121 Å². The summed E-state index contributed by atoms with van der Waals surface area (Å²) in [6.45, 7) is -0.558. The number of hydrogen-bond donors (Lipinski definition) is 1. The molecule has 1 amide bonds. The summed E-state index contributed by atoms with van der Waals surface area (Å²) in [5.41, 5.74) is 0.205. The van der Waals surface area contributed by atoms with E-state index in [2.05, 4.69) is 5.32 Å². The monoisotopic (exact) mass is 414 g/mol. The Bertz CT molecular complexity index is 1050. The average molecular weight is 414 g/mol. The van der Waals surface area contributed by atoms with Crippen molar-refractivity contribution in [3.63, 3.8) is 0 Å². The van der Waals surface area contributed by atoms with Gasteiger partial charge in [-0.3, -0.25) is 14.9 Å². The second-order valence-corrected chi connectivity index (χ2v) is 5.94. The number of nitro groups is 1. The molecule has 1 N–H and O–H groups in total. The van der Waals surface area contributed by atoms with Gasteiger partial charge in [-0.2, -0.15) is 0 Å². The number of carbonyl (C=O) groups excluding carboxylic acids is 2. The van der Waals surface area contributed by atoms with Crippen molar-refractivity contribution in [3.05, 3.63) is 88.1 Å². The van der Waals surface area contributed by atoms with E-state index in [9.17, 15) is 24.1 Å². The number of amides is 1. The molecule has 0 aliphatic heterocycles. The molecule has 0 saturated carbocycles. The van der Waals surface area contributed by atoms with E-state index < -0.39 is 23.4 Å². The van der Waals surface area contributed by atoms with Crippen LogP contribution in [-0.4, -0.2) is 23.4 Å². The van der Waals surface area contributed by atoms with Crippen LogP contribution in [0.3, 0.4) is 0 Å². The molecule has 0 fully saturated rings. The zero-order valence-corrected chi connectivity index (χ0v) is 15.4. The van der Waals surface area contributed by atoms with Crippen molar-refractivity contribution < 1.29 is 32.8 Å². The fraction of sp³-hybridized carbons (Fsp3) is 0.100. The number of halogens is 1. The Morgan fingerprint density at radius 3 is 2.40 bits per heavy atom. The van der Waals surface area contributed by atoms with Crippen LogP contribution in [0.5, 0.6) is 5.75 Å². The summed E-state index contributed by atoms with van der Waals surface area (Å²) in [7, 11) is 0. The third-order valence-electron chi connectivity index (χ3n) is 3.75. The molecule has 0 aliphatic carbocycles. The lowest BCUT2D eigenvalue weighted by molar-refractivity contribution is -0.384. The van der Waals surface area contributed by atoms with Crippen molar-refractivity contribution >= 4 is 23.3 Å². The van der Waals surface area contributed by atoms with Crippen LogP contribution in [0.1, 0.15) is 16.3 Å². The molecular weight excluding hydrogens is 399 g/mol. The molecule has 154 valence electrons.